The van der Waals surface area contributed by atoms with Crippen LogP contribution >= 0.6 is 11.3 Å². The molecule has 0 bridgehead atoms. The molecule has 0 aliphatic carbocycles. The van der Waals surface area contributed by atoms with Gasteiger partial charge in [-0.15, -0.1) is 0 Å². The van der Waals surface area contributed by atoms with E-state index in [9.17, 15) is 0 Å². The molecule has 2 aromatic rings. The number of hydrogen-bond donors (Lipinski definition) is 0. The van der Waals surface area contributed by atoms with Gasteiger partial charge in [-0.3, -0.25) is 0 Å². The Morgan fingerprint density at radius 3 is 2.64 bits per heavy atom. The van der Waals surface area contributed by atoms with Gasteiger partial charge in [0.15, 0.2) is 0 Å². The highest BCUT2D eigenvalue weighted by Crippen LogP contribution is 2.35. The molecule has 0 aliphatic heterocycles. The molecule has 0 N–H and O–H groups in total. The SMILES string of the molecule is COc1nc2c(OC)ccc(C)c2s1. The molecule has 0 atom stereocenters. The van der Waals surface area contributed by atoms with Gasteiger partial charge in [0, 0.05) is 0 Å². The quantitative estimate of drug-likeness (QED) is 0.762. The topological polar surface area (TPSA) is 31.4 Å². The van der Waals surface area contributed by atoms with Crippen LogP contribution in [0.15, 0.2) is 12.1 Å². The Morgan fingerprint density at radius 1 is 1.21 bits per heavy atom. The van der Waals surface area contributed by atoms with Gasteiger partial charge >= 0.3 is 0 Å². The van der Waals surface area contributed by atoms with Crippen molar-refractivity contribution in [3.8, 4) is 10.9 Å². The van der Waals surface area contributed by atoms with Gasteiger partial charge in [-0.25, -0.2) is 0 Å². The minimum Gasteiger partial charge on any atom is -0.494 e. The number of aromatic nitrogens is 1. The second kappa shape index (κ2) is 3.46. The van der Waals surface area contributed by atoms with Gasteiger partial charge in [-0.1, -0.05) is 17.4 Å². The Bertz CT molecular complexity index is 464. The Kier molecular flexibility index (Phi) is 2.29. The van der Waals surface area contributed by atoms with Gasteiger partial charge in [0.05, 0.1) is 18.9 Å². The normalized spacial score (nSPS) is 10.5. The minimum absolute atomic E-state index is 0.674. The lowest BCUT2D eigenvalue weighted by molar-refractivity contribution is 0.408. The summed E-state index contributed by atoms with van der Waals surface area (Å²) in [6, 6.07) is 3.95. The molecule has 0 fully saturated rings. The molecular formula is C10H11NO2S. The third-order valence-electron chi connectivity index (χ3n) is 2.08. The summed E-state index contributed by atoms with van der Waals surface area (Å²) in [6.07, 6.45) is 0. The Hall–Kier alpha value is -1.29. The molecule has 74 valence electrons. The third kappa shape index (κ3) is 1.32. The molecular weight excluding hydrogens is 198 g/mol. The number of thiazole rings is 1. The summed E-state index contributed by atoms with van der Waals surface area (Å²) in [7, 11) is 3.27. The van der Waals surface area contributed by atoms with Gasteiger partial charge < -0.3 is 9.47 Å². The zero-order chi connectivity index (χ0) is 10.1. The van der Waals surface area contributed by atoms with Crippen molar-refractivity contribution in [1.29, 1.82) is 0 Å². The lowest BCUT2D eigenvalue weighted by atomic mass is 10.2. The monoisotopic (exact) mass is 209 g/mol. The number of ether oxygens (including phenoxy) is 2. The fraction of sp³-hybridized carbons (Fsp3) is 0.300. The molecule has 0 radical (unpaired) electrons. The maximum absolute atomic E-state index is 5.23. The number of aryl methyl sites for hydroxylation is 1. The first-order valence-corrected chi connectivity index (χ1v) is 5.06. The van der Waals surface area contributed by atoms with E-state index in [1.54, 1.807) is 25.6 Å². The smallest absolute Gasteiger partial charge is 0.274 e. The second-order valence-electron chi connectivity index (χ2n) is 2.95. The molecule has 2 rings (SSSR count). The highest BCUT2D eigenvalue weighted by molar-refractivity contribution is 7.20. The van der Waals surface area contributed by atoms with Crippen LogP contribution in [0.4, 0.5) is 0 Å². The minimum atomic E-state index is 0.674. The summed E-state index contributed by atoms with van der Waals surface area (Å²) < 4.78 is 11.5. The van der Waals surface area contributed by atoms with Gasteiger partial charge in [-0.2, -0.15) is 4.98 Å². The highest BCUT2D eigenvalue weighted by Gasteiger charge is 2.10. The van der Waals surface area contributed by atoms with Crippen LogP contribution in [0.5, 0.6) is 10.9 Å². The maximum atomic E-state index is 5.23. The first kappa shape index (κ1) is 9.27. The standard InChI is InChI=1S/C10H11NO2S/c1-6-4-5-7(12-2)8-9(6)14-10(11-8)13-3/h4-5H,1-3H3. The van der Waals surface area contributed by atoms with Crippen molar-refractivity contribution in [2.75, 3.05) is 14.2 Å². The van der Waals surface area contributed by atoms with E-state index in [0.29, 0.717) is 5.19 Å². The van der Waals surface area contributed by atoms with Crippen molar-refractivity contribution in [3.63, 3.8) is 0 Å². The summed E-state index contributed by atoms with van der Waals surface area (Å²) in [5.41, 5.74) is 2.08. The van der Waals surface area contributed by atoms with Crippen LogP contribution in [-0.2, 0) is 0 Å². The number of benzene rings is 1. The highest BCUT2D eigenvalue weighted by atomic mass is 32.1. The number of nitrogens with zero attached hydrogens (tertiary/aromatic N) is 1. The van der Waals surface area contributed by atoms with Crippen LogP contribution in [0.1, 0.15) is 5.56 Å². The van der Waals surface area contributed by atoms with Crippen molar-refractivity contribution in [2.24, 2.45) is 0 Å². The summed E-state index contributed by atoms with van der Waals surface area (Å²) in [6.45, 7) is 2.05. The van der Waals surface area contributed by atoms with Crippen LogP contribution < -0.4 is 9.47 Å². The summed E-state index contributed by atoms with van der Waals surface area (Å²) in [5, 5.41) is 0.674. The average Bonchev–Trinajstić information content (AvgIpc) is 2.63. The fourth-order valence-corrected chi connectivity index (χ4v) is 2.21. The molecule has 0 saturated heterocycles. The summed E-state index contributed by atoms with van der Waals surface area (Å²) >= 11 is 1.54. The van der Waals surface area contributed by atoms with Gasteiger partial charge in [0.1, 0.15) is 11.3 Å². The van der Waals surface area contributed by atoms with E-state index < -0.39 is 0 Å². The van der Waals surface area contributed by atoms with E-state index in [0.717, 1.165) is 16.0 Å². The van der Waals surface area contributed by atoms with E-state index >= 15 is 0 Å². The van der Waals surface area contributed by atoms with E-state index in [1.165, 1.54) is 5.56 Å². The molecule has 1 heterocycles. The molecule has 3 nitrogen and oxygen atoms in total. The molecule has 1 aromatic heterocycles. The van der Waals surface area contributed by atoms with Crippen LogP contribution in [0.25, 0.3) is 10.2 Å². The largest absolute Gasteiger partial charge is 0.494 e. The van der Waals surface area contributed by atoms with E-state index in [1.807, 2.05) is 12.1 Å². The van der Waals surface area contributed by atoms with Gasteiger partial charge in [0.2, 0.25) is 0 Å². The third-order valence-corrected chi connectivity index (χ3v) is 3.23. The average molecular weight is 209 g/mol. The number of methoxy groups -OCH3 is 2. The number of hydrogen-bond acceptors (Lipinski definition) is 4. The molecule has 4 heteroatoms. The Labute approximate surface area is 86.3 Å². The van der Waals surface area contributed by atoms with E-state index in [-0.39, 0.29) is 0 Å². The van der Waals surface area contributed by atoms with Crippen LogP contribution in [-0.4, -0.2) is 19.2 Å². The molecule has 0 aliphatic rings. The van der Waals surface area contributed by atoms with E-state index in [2.05, 4.69) is 11.9 Å². The fourth-order valence-electron chi connectivity index (χ4n) is 1.34. The number of fused-ring (bicyclic) bond motifs is 1. The Morgan fingerprint density at radius 2 is 2.00 bits per heavy atom. The van der Waals surface area contributed by atoms with Crippen molar-refractivity contribution in [3.05, 3.63) is 17.7 Å². The Balaban J connectivity index is 2.74. The molecule has 0 saturated carbocycles. The second-order valence-corrected chi connectivity index (χ2v) is 3.91. The summed E-state index contributed by atoms with van der Waals surface area (Å²) in [4.78, 5) is 4.33. The molecule has 0 amide bonds. The molecule has 1 aromatic carbocycles. The zero-order valence-electron chi connectivity index (χ0n) is 8.33. The predicted molar refractivity (Wildman–Crippen MR) is 57.5 cm³/mol. The van der Waals surface area contributed by atoms with Crippen molar-refractivity contribution < 1.29 is 9.47 Å². The first-order chi connectivity index (χ1) is 6.76. The molecule has 0 spiro atoms. The zero-order valence-corrected chi connectivity index (χ0v) is 9.14. The summed E-state index contributed by atoms with van der Waals surface area (Å²) in [5.74, 6) is 0.796. The molecule has 14 heavy (non-hydrogen) atoms. The van der Waals surface area contributed by atoms with Gasteiger partial charge in [0.25, 0.3) is 5.19 Å². The van der Waals surface area contributed by atoms with Crippen molar-refractivity contribution in [1.82, 2.24) is 4.98 Å². The van der Waals surface area contributed by atoms with Crippen molar-refractivity contribution >= 4 is 21.6 Å². The van der Waals surface area contributed by atoms with Crippen LogP contribution in [0, 0.1) is 6.92 Å². The predicted octanol–water partition coefficient (Wildman–Crippen LogP) is 2.62. The lowest BCUT2D eigenvalue weighted by Gasteiger charge is -2.00. The van der Waals surface area contributed by atoms with Crippen LogP contribution in [0.3, 0.4) is 0 Å². The maximum Gasteiger partial charge on any atom is 0.274 e. The van der Waals surface area contributed by atoms with Crippen molar-refractivity contribution in [2.45, 2.75) is 6.92 Å². The lowest BCUT2D eigenvalue weighted by Crippen LogP contribution is -1.85. The van der Waals surface area contributed by atoms with Crippen LogP contribution in [0.2, 0.25) is 0 Å². The molecule has 0 unspecified atom stereocenters. The first-order valence-electron chi connectivity index (χ1n) is 4.24. The van der Waals surface area contributed by atoms with E-state index in [4.69, 9.17) is 9.47 Å². The number of rotatable bonds is 2. The van der Waals surface area contributed by atoms with Gasteiger partial charge in [-0.05, 0) is 18.6 Å².